The van der Waals surface area contributed by atoms with Gasteiger partial charge in [0, 0.05) is 32.7 Å². The smallest absolute Gasteiger partial charge is 0.332 e. The largest absolute Gasteiger partial charge is 0.491 e. The van der Waals surface area contributed by atoms with E-state index in [-0.39, 0.29) is 17.2 Å². The second-order valence-corrected chi connectivity index (χ2v) is 9.42. The molecule has 4 rings (SSSR count). The number of ether oxygens (including phenoxy) is 1. The van der Waals surface area contributed by atoms with E-state index in [1.807, 2.05) is 24.8 Å². The first-order valence-electron chi connectivity index (χ1n) is 11.9. The maximum atomic E-state index is 14.7. The summed E-state index contributed by atoms with van der Waals surface area (Å²) in [5.74, 6) is -3.26. The first-order valence-corrected chi connectivity index (χ1v) is 11.9. The topological polar surface area (TPSA) is 117 Å². The van der Waals surface area contributed by atoms with Crippen LogP contribution in [0, 0.1) is 11.6 Å². The van der Waals surface area contributed by atoms with Crippen LogP contribution in [0.2, 0.25) is 0 Å². The number of aryl methyl sites for hydroxylation is 1. The number of Topliss-reactive ketones (excluding diaryl/α,β-unsaturated/α-hetero) is 1. The summed E-state index contributed by atoms with van der Waals surface area (Å²) in [6.07, 6.45) is 3.66. The average molecular weight is 517 g/mol. The van der Waals surface area contributed by atoms with Crippen molar-refractivity contribution in [1.82, 2.24) is 18.7 Å². The zero-order valence-corrected chi connectivity index (χ0v) is 21.3. The van der Waals surface area contributed by atoms with Gasteiger partial charge in [0.2, 0.25) is 5.95 Å². The Morgan fingerprint density at radius 3 is 2.62 bits per heavy atom. The number of rotatable bonds is 7. The monoisotopic (exact) mass is 516 g/mol. The number of anilines is 1. The first kappa shape index (κ1) is 26.3. The van der Waals surface area contributed by atoms with Crippen LogP contribution in [-0.4, -0.2) is 50.7 Å². The Morgan fingerprint density at radius 2 is 1.97 bits per heavy atom. The van der Waals surface area contributed by atoms with Gasteiger partial charge in [-0.3, -0.25) is 18.7 Å². The van der Waals surface area contributed by atoms with Crippen molar-refractivity contribution >= 4 is 22.9 Å². The molecule has 0 amide bonds. The molecule has 1 fully saturated rings. The lowest BCUT2D eigenvalue weighted by Gasteiger charge is -2.31. The highest BCUT2D eigenvalue weighted by atomic mass is 19.1. The summed E-state index contributed by atoms with van der Waals surface area (Å²) in [7, 11) is 2.53. The number of imidazole rings is 1. The van der Waals surface area contributed by atoms with E-state index < -0.39 is 46.5 Å². The molecule has 1 aromatic carbocycles. The Balaban J connectivity index is 1.87. The lowest BCUT2D eigenvalue weighted by atomic mass is 10.1. The number of methoxy groups -OCH3 is 1. The lowest BCUT2D eigenvalue weighted by molar-refractivity contribution is 0.0964. The van der Waals surface area contributed by atoms with Crippen LogP contribution in [0.5, 0.6) is 5.75 Å². The molecule has 2 N–H and O–H groups in total. The molecule has 1 atom stereocenters. The van der Waals surface area contributed by atoms with E-state index in [9.17, 15) is 23.2 Å². The predicted octanol–water partition coefficient (Wildman–Crippen LogP) is 1.96. The van der Waals surface area contributed by atoms with Gasteiger partial charge >= 0.3 is 5.69 Å². The minimum atomic E-state index is -1.20. The van der Waals surface area contributed by atoms with Crippen molar-refractivity contribution in [3.05, 3.63) is 61.8 Å². The predicted molar refractivity (Wildman–Crippen MR) is 135 cm³/mol. The number of piperidine rings is 1. The molecule has 3 heterocycles. The number of aromatic nitrogens is 4. The number of hydrogen-bond acceptors (Lipinski definition) is 7. The highest BCUT2D eigenvalue weighted by Gasteiger charge is 2.27. The third-order valence-corrected chi connectivity index (χ3v) is 6.49. The van der Waals surface area contributed by atoms with Crippen LogP contribution in [0.1, 0.15) is 37.0 Å². The van der Waals surface area contributed by atoms with E-state index in [0.717, 1.165) is 42.2 Å². The fraction of sp³-hybridized carbons (Fsp3) is 0.440. The van der Waals surface area contributed by atoms with Gasteiger partial charge in [-0.25, -0.2) is 13.6 Å². The van der Waals surface area contributed by atoms with Crippen molar-refractivity contribution < 1.29 is 18.3 Å². The van der Waals surface area contributed by atoms with Gasteiger partial charge in [-0.2, -0.15) is 4.98 Å². The van der Waals surface area contributed by atoms with E-state index in [0.29, 0.717) is 25.6 Å². The summed E-state index contributed by atoms with van der Waals surface area (Å²) in [6, 6.07) is 1.80. The van der Waals surface area contributed by atoms with Crippen molar-refractivity contribution in [1.29, 1.82) is 0 Å². The molecule has 0 aliphatic carbocycles. The number of hydrogen-bond donors (Lipinski definition) is 1. The van der Waals surface area contributed by atoms with Crippen LogP contribution in [-0.2, 0) is 20.1 Å². The van der Waals surface area contributed by atoms with Gasteiger partial charge < -0.3 is 19.9 Å². The van der Waals surface area contributed by atoms with Gasteiger partial charge in [-0.1, -0.05) is 11.6 Å². The number of carbonyl (C=O) groups excluding carboxylic acids is 1. The molecule has 0 saturated carbocycles. The zero-order chi connectivity index (χ0) is 27.0. The molecule has 3 aromatic rings. The standard InChI is InChI=1S/C25H30F2N6O4/c1-14(2)9-11-32-20-22(29-24(32)31-10-5-6-15(28)12-31)30(3)25(36)33(23(20)35)13-18(34)16-7-8-17(26)21(37-4)19(16)27/h7-9,15H,5-6,10-13,28H2,1-4H3. The number of allylic oxidation sites excluding steroid dienone is 2. The van der Waals surface area contributed by atoms with E-state index in [1.165, 1.54) is 11.6 Å². The molecule has 1 saturated heterocycles. The van der Waals surface area contributed by atoms with Crippen LogP contribution in [0.25, 0.3) is 11.2 Å². The molecule has 0 bridgehead atoms. The van der Waals surface area contributed by atoms with Crippen LogP contribution < -0.4 is 26.6 Å². The van der Waals surface area contributed by atoms with E-state index in [1.54, 1.807) is 4.57 Å². The van der Waals surface area contributed by atoms with Crippen LogP contribution >= 0.6 is 0 Å². The van der Waals surface area contributed by atoms with Crippen molar-refractivity contribution in [2.24, 2.45) is 12.8 Å². The minimum Gasteiger partial charge on any atom is -0.491 e. The second kappa shape index (κ2) is 10.3. The van der Waals surface area contributed by atoms with Crippen molar-refractivity contribution in [2.75, 3.05) is 25.1 Å². The summed E-state index contributed by atoms with van der Waals surface area (Å²) in [5, 5.41) is 0. The molecule has 1 unspecified atom stereocenters. The fourth-order valence-corrected chi connectivity index (χ4v) is 4.54. The number of fused-ring (bicyclic) bond motifs is 1. The molecule has 10 nitrogen and oxygen atoms in total. The number of benzene rings is 1. The Morgan fingerprint density at radius 1 is 1.24 bits per heavy atom. The van der Waals surface area contributed by atoms with Crippen molar-refractivity contribution in [2.45, 2.75) is 45.8 Å². The average Bonchev–Trinajstić information content (AvgIpc) is 3.24. The molecule has 1 aliphatic heterocycles. The highest BCUT2D eigenvalue weighted by Crippen LogP contribution is 2.25. The first-order chi connectivity index (χ1) is 17.5. The van der Waals surface area contributed by atoms with Gasteiger partial charge in [-0.15, -0.1) is 0 Å². The summed E-state index contributed by atoms with van der Waals surface area (Å²) in [6.45, 7) is 4.65. The van der Waals surface area contributed by atoms with Crippen LogP contribution in [0.15, 0.2) is 33.4 Å². The molecular formula is C25H30F2N6O4. The van der Waals surface area contributed by atoms with E-state index in [4.69, 9.17) is 10.5 Å². The molecule has 1 aliphatic rings. The van der Waals surface area contributed by atoms with Gasteiger partial charge in [0.25, 0.3) is 5.56 Å². The summed E-state index contributed by atoms with van der Waals surface area (Å²) in [5.41, 5.74) is 5.49. The number of carbonyl (C=O) groups is 1. The maximum absolute atomic E-state index is 14.7. The number of halogens is 2. The zero-order valence-electron chi connectivity index (χ0n) is 21.3. The molecule has 2 aromatic heterocycles. The molecule has 0 spiro atoms. The normalized spacial score (nSPS) is 15.8. The summed E-state index contributed by atoms with van der Waals surface area (Å²) in [4.78, 5) is 46.4. The lowest BCUT2D eigenvalue weighted by Crippen LogP contribution is -2.44. The van der Waals surface area contributed by atoms with Crippen molar-refractivity contribution in [3.63, 3.8) is 0 Å². The summed E-state index contributed by atoms with van der Waals surface area (Å²) < 4.78 is 36.9. The number of ketones is 1. The molecule has 198 valence electrons. The molecule has 12 heteroatoms. The molecule has 37 heavy (non-hydrogen) atoms. The summed E-state index contributed by atoms with van der Waals surface area (Å²) >= 11 is 0. The SMILES string of the molecule is COc1c(F)ccc(C(=O)Cn2c(=O)c3c(nc(N4CCCC(N)C4)n3CC=C(C)C)n(C)c2=O)c1F. The number of nitrogens with zero attached hydrogens (tertiary/aromatic N) is 5. The van der Waals surface area contributed by atoms with Gasteiger partial charge in [-0.05, 0) is 38.8 Å². The Kier molecular flexibility index (Phi) is 7.30. The van der Waals surface area contributed by atoms with Crippen molar-refractivity contribution in [3.8, 4) is 5.75 Å². The third-order valence-electron chi connectivity index (χ3n) is 6.49. The van der Waals surface area contributed by atoms with Gasteiger partial charge in [0.15, 0.2) is 34.3 Å². The highest BCUT2D eigenvalue weighted by molar-refractivity contribution is 5.96. The Labute approximate surface area is 211 Å². The Hall–Kier alpha value is -3.80. The van der Waals surface area contributed by atoms with Crippen LogP contribution in [0.3, 0.4) is 0 Å². The molecule has 0 radical (unpaired) electrons. The quantitative estimate of drug-likeness (QED) is 0.377. The maximum Gasteiger partial charge on any atom is 0.332 e. The van der Waals surface area contributed by atoms with Gasteiger partial charge in [0.1, 0.15) is 0 Å². The van der Waals surface area contributed by atoms with E-state index in [2.05, 4.69) is 4.98 Å². The molecular weight excluding hydrogens is 486 g/mol. The second-order valence-electron chi connectivity index (χ2n) is 9.42. The number of nitrogens with two attached hydrogens (primary N) is 1. The van der Waals surface area contributed by atoms with Crippen LogP contribution in [0.4, 0.5) is 14.7 Å². The van der Waals surface area contributed by atoms with Gasteiger partial charge in [0.05, 0.1) is 19.2 Å². The fourth-order valence-electron chi connectivity index (χ4n) is 4.54. The Bertz CT molecular complexity index is 1520. The minimum absolute atomic E-state index is 0.0499. The third kappa shape index (κ3) is 4.80. The van der Waals surface area contributed by atoms with E-state index >= 15 is 0 Å².